The average Bonchev–Trinajstić information content (AvgIpc) is 2.77. The quantitative estimate of drug-likeness (QED) is 0.643. The first-order valence-electron chi connectivity index (χ1n) is 9.77. The first kappa shape index (κ1) is 16.9. The van der Waals surface area contributed by atoms with Crippen LogP contribution in [-0.4, -0.2) is 10.9 Å². The number of carbonyl (C=O) groups is 1. The van der Waals surface area contributed by atoms with E-state index in [1.807, 2.05) is 12.1 Å². The summed E-state index contributed by atoms with van der Waals surface area (Å²) in [4.78, 5) is 13.2. The highest BCUT2D eigenvalue weighted by Gasteiger charge is 2.56. The summed E-state index contributed by atoms with van der Waals surface area (Å²) in [7, 11) is 0. The van der Waals surface area contributed by atoms with Gasteiger partial charge in [0, 0.05) is 5.41 Å². The predicted molar refractivity (Wildman–Crippen MR) is 101 cm³/mol. The molecule has 1 aromatic rings. The minimum atomic E-state index is -0.160. The van der Waals surface area contributed by atoms with Crippen LogP contribution in [0.15, 0.2) is 29.8 Å². The maximum absolute atomic E-state index is 13.2. The molecule has 3 aliphatic carbocycles. The number of aryl methyl sites for hydroxylation is 1. The SMILES string of the molecule is CC(C)(C)/C=C1\CC2C3CCc4cc(O)ccc4C3CC[C@]2(C)C1=O. The molecule has 0 radical (unpaired) electrons. The molecule has 2 fully saturated rings. The van der Waals surface area contributed by atoms with Crippen LogP contribution >= 0.6 is 0 Å². The highest BCUT2D eigenvalue weighted by Crippen LogP contribution is 2.61. The second-order valence-corrected chi connectivity index (χ2v) is 9.82. The number of allylic oxidation sites excluding steroid dienone is 2. The average molecular weight is 338 g/mol. The Balaban J connectivity index is 1.70. The van der Waals surface area contributed by atoms with Gasteiger partial charge < -0.3 is 5.11 Å². The maximum Gasteiger partial charge on any atom is 0.164 e. The Kier molecular flexibility index (Phi) is 3.69. The Bertz CT molecular complexity index is 752. The molecule has 4 atom stereocenters. The van der Waals surface area contributed by atoms with Crippen LogP contribution < -0.4 is 0 Å². The fourth-order valence-corrected chi connectivity index (χ4v) is 5.89. The Morgan fingerprint density at radius 2 is 2.00 bits per heavy atom. The smallest absolute Gasteiger partial charge is 0.164 e. The van der Waals surface area contributed by atoms with Gasteiger partial charge in [0.15, 0.2) is 5.78 Å². The van der Waals surface area contributed by atoms with Gasteiger partial charge in [-0.25, -0.2) is 0 Å². The summed E-state index contributed by atoms with van der Waals surface area (Å²) in [5, 5.41) is 9.80. The molecule has 0 spiro atoms. The lowest BCUT2D eigenvalue weighted by Crippen LogP contribution is -2.42. The minimum Gasteiger partial charge on any atom is -0.508 e. The van der Waals surface area contributed by atoms with Crippen molar-refractivity contribution in [1.29, 1.82) is 0 Å². The molecule has 0 heterocycles. The summed E-state index contributed by atoms with van der Waals surface area (Å²) in [6, 6.07) is 5.91. The number of benzene rings is 1. The van der Waals surface area contributed by atoms with Gasteiger partial charge in [0.2, 0.25) is 0 Å². The molecule has 134 valence electrons. The molecule has 2 nitrogen and oxygen atoms in total. The molecular formula is C23H30O2. The molecule has 0 aromatic heterocycles. The lowest BCUT2D eigenvalue weighted by Gasteiger charge is -2.48. The first-order valence-corrected chi connectivity index (χ1v) is 9.77. The van der Waals surface area contributed by atoms with Gasteiger partial charge in [-0.05, 0) is 84.1 Å². The highest BCUT2D eigenvalue weighted by atomic mass is 16.3. The summed E-state index contributed by atoms with van der Waals surface area (Å²) < 4.78 is 0. The number of hydrogen-bond acceptors (Lipinski definition) is 2. The van der Waals surface area contributed by atoms with Gasteiger partial charge in [-0.2, -0.15) is 0 Å². The third kappa shape index (κ3) is 2.65. The summed E-state index contributed by atoms with van der Waals surface area (Å²) in [6.07, 6.45) is 7.47. The Morgan fingerprint density at radius 1 is 1.24 bits per heavy atom. The third-order valence-corrected chi connectivity index (χ3v) is 6.96. The fraction of sp³-hybridized carbons (Fsp3) is 0.609. The third-order valence-electron chi connectivity index (χ3n) is 6.96. The number of rotatable bonds is 0. The van der Waals surface area contributed by atoms with Crippen molar-refractivity contribution in [2.75, 3.05) is 0 Å². The Morgan fingerprint density at radius 3 is 2.72 bits per heavy atom. The first-order chi connectivity index (χ1) is 11.7. The van der Waals surface area contributed by atoms with E-state index < -0.39 is 0 Å². The molecule has 1 aromatic carbocycles. The fourth-order valence-electron chi connectivity index (χ4n) is 5.89. The van der Waals surface area contributed by atoms with Crippen LogP contribution in [0.2, 0.25) is 0 Å². The van der Waals surface area contributed by atoms with Gasteiger partial charge in [-0.1, -0.05) is 39.8 Å². The van der Waals surface area contributed by atoms with Crippen molar-refractivity contribution in [3.63, 3.8) is 0 Å². The van der Waals surface area contributed by atoms with Crippen molar-refractivity contribution < 1.29 is 9.90 Å². The second-order valence-electron chi connectivity index (χ2n) is 9.82. The number of phenols is 1. The van der Waals surface area contributed by atoms with Crippen LogP contribution in [0.3, 0.4) is 0 Å². The van der Waals surface area contributed by atoms with E-state index in [9.17, 15) is 9.90 Å². The number of fused-ring (bicyclic) bond motifs is 5. The lowest BCUT2D eigenvalue weighted by molar-refractivity contribution is -0.127. The molecular weight excluding hydrogens is 308 g/mol. The number of phenolic OH excluding ortho intramolecular Hbond substituents is 1. The number of carbonyl (C=O) groups excluding carboxylic acids is 1. The van der Waals surface area contributed by atoms with Crippen LogP contribution in [0.25, 0.3) is 0 Å². The van der Waals surface area contributed by atoms with Crippen molar-refractivity contribution in [2.24, 2.45) is 22.7 Å². The van der Waals surface area contributed by atoms with Gasteiger partial charge in [0.1, 0.15) is 5.75 Å². The molecule has 3 aliphatic rings. The van der Waals surface area contributed by atoms with Crippen molar-refractivity contribution in [3.05, 3.63) is 41.0 Å². The van der Waals surface area contributed by atoms with Crippen LogP contribution in [0.4, 0.5) is 0 Å². The van der Waals surface area contributed by atoms with Crippen molar-refractivity contribution in [1.82, 2.24) is 0 Å². The van der Waals surface area contributed by atoms with Crippen LogP contribution in [0, 0.1) is 22.7 Å². The zero-order valence-corrected chi connectivity index (χ0v) is 15.9. The molecule has 0 aliphatic heterocycles. The largest absolute Gasteiger partial charge is 0.508 e. The molecule has 0 amide bonds. The molecule has 1 N–H and O–H groups in total. The van der Waals surface area contributed by atoms with E-state index in [0.717, 1.165) is 37.7 Å². The summed E-state index contributed by atoms with van der Waals surface area (Å²) in [5.74, 6) is 2.44. The van der Waals surface area contributed by atoms with Gasteiger partial charge in [-0.15, -0.1) is 0 Å². The summed E-state index contributed by atoms with van der Waals surface area (Å²) >= 11 is 0. The number of Topliss-reactive ketones (excluding diaryl/α,β-unsaturated/α-hetero) is 1. The zero-order chi connectivity index (χ0) is 18.0. The van der Waals surface area contributed by atoms with Crippen molar-refractivity contribution in [3.8, 4) is 5.75 Å². The summed E-state index contributed by atoms with van der Waals surface area (Å²) in [6.45, 7) is 8.78. The summed E-state index contributed by atoms with van der Waals surface area (Å²) in [5.41, 5.74) is 3.73. The van der Waals surface area contributed by atoms with Crippen molar-refractivity contribution >= 4 is 5.78 Å². The molecule has 3 unspecified atom stereocenters. The van der Waals surface area contributed by atoms with Gasteiger partial charge in [0.05, 0.1) is 0 Å². The Hall–Kier alpha value is -1.57. The number of aromatic hydroxyl groups is 1. The molecule has 25 heavy (non-hydrogen) atoms. The Labute approximate surface area is 151 Å². The van der Waals surface area contributed by atoms with E-state index in [-0.39, 0.29) is 10.8 Å². The lowest BCUT2D eigenvalue weighted by atomic mass is 9.55. The monoisotopic (exact) mass is 338 g/mol. The number of hydrogen-bond donors (Lipinski definition) is 1. The molecule has 0 bridgehead atoms. The number of ketones is 1. The van der Waals surface area contributed by atoms with Crippen LogP contribution in [0.1, 0.15) is 70.4 Å². The van der Waals surface area contributed by atoms with Gasteiger partial charge in [0.25, 0.3) is 0 Å². The second kappa shape index (κ2) is 5.46. The predicted octanol–water partition coefficient (Wildman–Crippen LogP) is 5.40. The molecule has 2 saturated carbocycles. The minimum absolute atomic E-state index is 0.0605. The topological polar surface area (TPSA) is 37.3 Å². The highest BCUT2D eigenvalue weighted by molar-refractivity contribution is 6.02. The van der Waals surface area contributed by atoms with E-state index in [1.54, 1.807) is 0 Å². The van der Waals surface area contributed by atoms with Crippen LogP contribution in [0.5, 0.6) is 5.75 Å². The van der Waals surface area contributed by atoms with E-state index >= 15 is 0 Å². The molecule has 2 heteroatoms. The zero-order valence-electron chi connectivity index (χ0n) is 15.9. The van der Waals surface area contributed by atoms with E-state index in [1.165, 1.54) is 11.1 Å². The normalized spacial score (nSPS) is 36.1. The molecule has 0 saturated heterocycles. The van der Waals surface area contributed by atoms with E-state index in [4.69, 9.17) is 0 Å². The van der Waals surface area contributed by atoms with Crippen molar-refractivity contribution in [2.45, 2.75) is 65.7 Å². The van der Waals surface area contributed by atoms with Crippen LogP contribution in [-0.2, 0) is 11.2 Å². The van der Waals surface area contributed by atoms with Gasteiger partial charge in [-0.3, -0.25) is 4.79 Å². The molecule has 4 rings (SSSR count). The maximum atomic E-state index is 13.2. The van der Waals surface area contributed by atoms with E-state index in [0.29, 0.717) is 29.3 Å². The van der Waals surface area contributed by atoms with Gasteiger partial charge >= 0.3 is 0 Å². The standard InChI is InChI=1S/C23H30O2/c1-22(2,3)13-15-12-20-19-7-5-14-11-16(24)6-8-17(14)18(19)9-10-23(20,4)21(15)25/h6,8,11,13,18-20,24H,5,7,9-10,12H2,1-4H3/b15-13+/t18?,19?,20?,23-/m0/s1. The van der Waals surface area contributed by atoms with E-state index in [2.05, 4.69) is 39.8 Å².